The average molecular weight is 485 g/mol. The highest BCUT2D eigenvalue weighted by Crippen LogP contribution is 2.25. The van der Waals surface area contributed by atoms with Crippen molar-refractivity contribution >= 4 is 33.4 Å². The molecule has 174 valence electrons. The lowest BCUT2D eigenvalue weighted by Crippen LogP contribution is -2.27. The fourth-order valence-corrected chi connectivity index (χ4v) is 6.13. The number of anilines is 1. The summed E-state index contributed by atoms with van der Waals surface area (Å²) in [5.41, 5.74) is 3.70. The smallest absolute Gasteiger partial charge is 0.243 e. The first-order chi connectivity index (χ1) is 15.8. The van der Waals surface area contributed by atoms with Crippen LogP contribution in [-0.4, -0.2) is 46.9 Å². The minimum Gasteiger partial charge on any atom is -0.337 e. The van der Waals surface area contributed by atoms with Gasteiger partial charge in [0, 0.05) is 30.9 Å². The standard InChI is InChI=1S/C24H28N4O3S2/c1-17-22(16-19-8-4-3-5-9-19)27-24(25-17)32-18(2)23(29)26-20-10-12-21(13-11-20)33(30,31)28-14-6-7-15-28/h3-5,8-13,18H,6-7,14-16H2,1-2H3,(H,25,27)(H,26,29). The predicted octanol–water partition coefficient (Wildman–Crippen LogP) is 4.21. The molecule has 0 spiro atoms. The first-order valence-electron chi connectivity index (χ1n) is 11.0. The van der Waals surface area contributed by atoms with E-state index in [0.717, 1.165) is 30.7 Å². The van der Waals surface area contributed by atoms with Crippen molar-refractivity contribution in [3.8, 4) is 0 Å². The number of nitrogens with zero attached hydrogens (tertiary/aromatic N) is 2. The van der Waals surface area contributed by atoms with Crippen molar-refractivity contribution in [2.45, 2.75) is 48.4 Å². The molecule has 7 nitrogen and oxygen atoms in total. The minimum absolute atomic E-state index is 0.172. The van der Waals surface area contributed by atoms with Crippen molar-refractivity contribution in [2.75, 3.05) is 18.4 Å². The number of imidazole rings is 1. The van der Waals surface area contributed by atoms with Gasteiger partial charge in [-0.05, 0) is 56.5 Å². The molecule has 2 aromatic carbocycles. The summed E-state index contributed by atoms with van der Waals surface area (Å²) in [6.07, 6.45) is 2.52. The summed E-state index contributed by atoms with van der Waals surface area (Å²) in [5, 5.41) is 3.18. The molecule has 1 unspecified atom stereocenters. The van der Waals surface area contributed by atoms with E-state index in [-0.39, 0.29) is 16.1 Å². The lowest BCUT2D eigenvalue weighted by Gasteiger charge is -2.16. The van der Waals surface area contributed by atoms with Gasteiger partial charge in [-0.15, -0.1) is 0 Å². The molecule has 0 aliphatic carbocycles. The number of aromatic amines is 1. The molecule has 1 amide bonds. The van der Waals surface area contributed by atoms with Gasteiger partial charge in [-0.2, -0.15) is 4.31 Å². The van der Waals surface area contributed by atoms with Crippen LogP contribution >= 0.6 is 11.8 Å². The zero-order valence-electron chi connectivity index (χ0n) is 18.7. The van der Waals surface area contributed by atoms with E-state index in [4.69, 9.17) is 0 Å². The van der Waals surface area contributed by atoms with E-state index in [2.05, 4.69) is 27.4 Å². The Bertz CT molecular complexity index is 1200. The van der Waals surface area contributed by atoms with E-state index in [0.29, 0.717) is 23.9 Å². The molecule has 2 N–H and O–H groups in total. The number of thioether (sulfide) groups is 1. The number of aromatic nitrogens is 2. The van der Waals surface area contributed by atoms with Crippen LogP contribution in [0.25, 0.3) is 0 Å². The monoisotopic (exact) mass is 484 g/mol. The Balaban J connectivity index is 1.35. The second-order valence-corrected chi connectivity index (χ2v) is 11.4. The third-order valence-electron chi connectivity index (χ3n) is 5.66. The van der Waals surface area contributed by atoms with Crippen molar-refractivity contribution in [1.82, 2.24) is 14.3 Å². The molecule has 1 aliphatic heterocycles. The molecule has 0 saturated carbocycles. The summed E-state index contributed by atoms with van der Waals surface area (Å²) < 4.78 is 26.8. The molecule has 0 radical (unpaired) electrons. The van der Waals surface area contributed by atoms with Gasteiger partial charge in [-0.25, -0.2) is 13.4 Å². The van der Waals surface area contributed by atoms with Gasteiger partial charge in [0.1, 0.15) is 0 Å². The Morgan fingerprint density at radius 1 is 1.12 bits per heavy atom. The number of carbonyl (C=O) groups excluding carboxylic acids is 1. The normalized spacial score (nSPS) is 15.5. The van der Waals surface area contributed by atoms with Gasteiger partial charge in [-0.1, -0.05) is 42.1 Å². The van der Waals surface area contributed by atoms with Gasteiger partial charge < -0.3 is 10.3 Å². The summed E-state index contributed by atoms with van der Waals surface area (Å²) in [5.74, 6) is -0.172. The van der Waals surface area contributed by atoms with E-state index in [1.165, 1.54) is 21.6 Å². The molecular formula is C24H28N4O3S2. The van der Waals surface area contributed by atoms with Gasteiger partial charge in [-0.3, -0.25) is 4.79 Å². The number of hydrogen-bond donors (Lipinski definition) is 2. The summed E-state index contributed by atoms with van der Waals surface area (Å²) in [6, 6.07) is 16.5. The zero-order chi connectivity index (χ0) is 23.4. The number of carbonyl (C=O) groups is 1. The van der Waals surface area contributed by atoms with Crippen molar-refractivity contribution in [3.05, 3.63) is 71.5 Å². The number of aryl methyl sites for hydroxylation is 1. The van der Waals surface area contributed by atoms with Crippen molar-refractivity contribution in [1.29, 1.82) is 0 Å². The van der Waals surface area contributed by atoms with Crippen molar-refractivity contribution in [2.24, 2.45) is 0 Å². The van der Waals surface area contributed by atoms with Crippen LogP contribution in [0.4, 0.5) is 5.69 Å². The molecule has 9 heteroatoms. The van der Waals surface area contributed by atoms with Gasteiger partial charge in [0.25, 0.3) is 0 Å². The van der Waals surface area contributed by atoms with Crippen LogP contribution in [0.15, 0.2) is 64.6 Å². The first kappa shape index (κ1) is 23.5. The van der Waals surface area contributed by atoms with Crippen LogP contribution < -0.4 is 5.32 Å². The number of benzene rings is 2. The van der Waals surface area contributed by atoms with Crippen LogP contribution in [0.5, 0.6) is 0 Å². The highest BCUT2D eigenvalue weighted by molar-refractivity contribution is 8.00. The van der Waals surface area contributed by atoms with Crippen LogP contribution in [0.3, 0.4) is 0 Å². The molecule has 3 aromatic rings. The van der Waals surface area contributed by atoms with Gasteiger partial charge in [0.2, 0.25) is 15.9 Å². The predicted molar refractivity (Wildman–Crippen MR) is 131 cm³/mol. The quantitative estimate of drug-likeness (QED) is 0.467. The number of nitrogens with one attached hydrogen (secondary N) is 2. The molecule has 2 heterocycles. The lowest BCUT2D eigenvalue weighted by atomic mass is 10.1. The molecule has 1 saturated heterocycles. The molecule has 1 aromatic heterocycles. The molecule has 1 atom stereocenters. The molecule has 4 rings (SSSR count). The Hall–Kier alpha value is -2.62. The number of H-pyrrole nitrogens is 1. The number of sulfonamides is 1. The topological polar surface area (TPSA) is 95.2 Å². The van der Waals surface area contributed by atoms with Crippen LogP contribution in [-0.2, 0) is 21.2 Å². The van der Waals surface area contributed by atoms with Gasteiger partial charge >= 0.3 is 0 Å². The van der Waals surface area contributed by atoms with Crippen LogP contribution in [0.2, 0.25) is 0 Å². The maximum absolute atomic E-state index is 12.7. The molecule has 1 aliphatic rings. The van der Waals surface area contributed by atoms with E-state index in [1.54, 1.807) is 24.3 Å². The molecular weight excluding hydrogens is 456 g/mol. The summed E-state index contributed by atoms with van der Waals surface area (Å²) >= 11 is 1.36. The second-order valence-electron chi connectivity index (χ2n) is 8.16. The minimum atomic E-state index is -3.46. The number of rotatable bonds is 8. The largest absolute Gasteiger partial charge is 0.337 e. The summed E-state index contributed by atoms with van der Waals surface area (Å²) in [7, 11) is -3.46. The van der Waals surface area contributed by atoms with E-state index < -0.39 is 10.0 Å². The Morgan fingerprint density at radius 3 is 2.45 bits per heavy atom. The van der Waals surface area contributed by atoms with E-state index in [1.807, 2.05) is 32.0 Å². The number of amides is 1. The summed E-state index contributed by atoms with van der Waals surface area (Å²) in [4.78, 5) is 20.9. The van der Waals surface area contributed by atoms with E-state index >= 15 is 0 Å². The van der Waals surface area contributed by atoms with E-state index in [9.17, 15) is 13.2 Å². The third kappa shape index (κ3) is 5.66. The SMILES string of the molecule is Cc1[nH]c(SC(C)C(=O)Nc2ccc(S(=O)(=O)N3CCCC3)cc2)nc1Cc1ccccc1. The van der Waals surface area contributed by atoms with Crippen LogP contribution in [0, 0.1) is 6.92 Å². The first-order valence-corrected chi connectivity index (χ1v) is 13.3. The maximum Gasteiger partial charge on any atom is 0.243 e. The van der Waals surface area contributed by atoms with Gasteiger partial charge in [0.15, 0.2) is 5.16 Å². The van der Waals surface area contributed by atoms with Crippen LogP contribution in [0.1, 0.15) is 36.7 Å². The third-order valence-corrected chi connectivity index (χ3v) is 8.56. The summed E-state index contributed by atoms with van der Waals surface area (Å²) in [6.45, 7) is 4.93. The second kappa shape index (κ2) is 10.1. The average Bonchev–Trinajstić information content (AvgIpc) is 3.46. The van der Waals surface area contributed by atoms with Crippen molar-refractivity contribution < 1.29 is 13.2 Å². The van der Waals surface area contributed by atoms with Crippen molar-refractivity contribution in [3.63, 3.8) is 0 Å². The molecule has 1 fully saturated rings. The maximum atomic E-state index is 12.7. The van der Waals surface area contributed by atoms with Gasteiger partial charge in [0.05, 0.1) is 15.8 Å². The fourth-order valence-electron chi connectivity index (χ4n) is 3.74. The zero-order valence-corrected chi connectivity index (χ0v) is 20.4. The lowest BCUT2D eigenvalue weighted by molar-refractivity contribution is -0.115. The molecule has 0 bridgehead atoms. The number of hydrogen-bond acceptors (Lipinski definition) is 5. The highest BCUT2D eigenvalue weighted by Gasteiger charge is 2.27. The Morgan fingerprint density at radius 2 is 1.79 bits per heavy atom. The Kier molecular flexibility index (Phi) is 7.21. The fraction of sp³-hybridized carbons (Fsp3) is 0.333. The molecule has 33 heavy (non-hydrogen) atoms. The Labute approximate surface area is 199 Å². The highest BCUT2D eigenvalue weighted by atomic mass is 32.2.